The highest BCUT2D eigenvalue weighted by Crippen LogP contribution is 2.17. The van der Waals surface area contributed by atoms with E-state index in [1.165, 1.54) is 6.42 Å². The first-order chi connectivity index (χ1) is 9.74. The Hall–Kier alpha value is 0.0169. The minimum atomic E-state index is -2.43. The molecule has 0 amide bonds. The van der Waals surface area contributed by atoms with Crippen molar-refractivity contribution in [1.82, 2.24) is 10.6 Å². The van der Waals surface area contributed by atoms with Gasteiger partial charge in [0.1, 0.15) is 0 Å². The number of rotatable bonds is 15. The first-order valence-electron chi connectivity index (χ1n) is 8.07. The van der Waals surface area contributed by atoms with E-state index in [1.54, 1.807) is 0 Å². The molecular formula is C14H34N2O3Si. The second-order valence-electron chi connectivity index (χ2n) is 4.59. The van der Waals surface area contributed by atoms with Gasteiger partial charge in [-0.3, -0.25) is 0 Å². The lowest BCUT2D eigenvalue weighted by Gasteiger charge is -2.28. The van der Waals surface area contributed by atoms with Gasteiger partial charge in [0.25, 0.3) is 0 Å². The molecule has 0 saturated heterocycles. The van der Waals surface area contributed by atoms with Crippen molar-refractivity contribution in [2.75, 3.05) is 46.0 Å². The van der Waals surface area contributed by atoms with Crippen molar-refractivity contribution in [1.29, 1.82) is 0 Å². The van der Waals surface area contributed by atoms with E-state index in [2.05, 4.69) is 17.6 Å². The molecule has 0 spiro atoms. The van der Waals surface area contributed by atoms with Gasteiger partial charge < -0.3 is 23.9 Å². The molecule has 0 aliphatic rings. The van der Waals surface area contributed by atoms with Crippen LogP contribution in [0.25, 0.3) is 0 Å². The first-order valence-corrected chi connectivity index (χ1v) is 10.0. The van der Waals surface area contributed by atoms with Gasteiger partial charge in [-0.15, -0.1) is 0 Å². The normalized spacial score (nSPS) is 12.0. The third-order valence-electron chi connectivity index (χ3n) is 2.83. The largest absolute Gasteiger partial charge is 0.500 e. The van der Waals surface area contributed by atoms with Crippen molar-refractivity contribution < 1.29 is 13.3 Å². The summed E-state index contributed by atoms with van der Waals surface area (Å²) in [6.07, 6.45) is 2.21. The Kier molecular flexibility index (Phi) is 14.0. The fraction of sp³-hybridized carbons (Fsp3) is 1.00. The van der Waals surface area contributed by atoms with E-state index in [0.29, 0.717) is 19.8 Å². The van der Waals surface area contributed by atoms with Gasteiger partial charge in [0.05, 0.1) is 0 Å². The third-order valence-corrected chi connectivity index (χ3v) is 5.99. The second kappa shape index (κ2) is 14.0. The van der Waals surface area contributed by atoms with Crippen LogP contribution in [-0.2, 0) is 13.3 Å². The maximum atomic E-state index is 5.82. The van der Waals surface area contributed by atoms with Gasteiger partial charge in [0, 0.05) is 39.0 Å². The van der Waals surface area contributed by atoms with Gasteiger partial charge in [0.15, 0.2) is 0 Å². The lowest BCUT2D eigenvalue weighted by atomic mass is 10.4. The Labute approximate surface area is 126 Å². The molecular weight excluding hydrogens is 272 g/mol. The molecule has 0 aromatic carbocycles. The lowest BCUT2D eigenvalue weighted by Crippen LogP contribution is -2.46. The molecule has 0 atom stereocenters. The topological polar surface area (TPSA) is 51.8 Å². The van der Waals surface area contributed by atoms with E-state index in [0.717, 1.165) is 38.6 Å². The van der Waals surface area contributed by atoms with Crippen molar-refractivity contribution in [3.05, 3.63) is 0 Å². The van der Waals surface area contributed by atoms with Gasteiger partial charge in [-0.25, -0.2) is 0 Å². The average Bonchev–Trinajstić information content (AvgIpc) is 2.43. The summed E-state index contributed by atoms with van der Waals surface area (Å²) in [4.78, 5) is 0. The van der Waals surface area contributed by atoms with E-state index in [4.69, 9.17) is 13.3 Å². The number of hydrogen-bond acceptors (Lipinski definition) is 5. The Morgan fingerprint density at radius 2 is 1.20 bits per heavy atom. The molecule has 6 heteroatoms. The van der Waals surface area contributed by atoms with Crippen molar-refractivity contribution in [3.8, 4) is 0 Å². The van der Waals surface area contributed by atoms with Gasteiger partial charge in [-0.1, -0.05) is 6.92 Å². The minimum Gasteiger partial charge on any atom is -0.374 e. The second-order valence-corrected chi connectivity index (χ2v) is 7.32. The van der Waals surface area contributed by atoms with Crippen molar-refractivity contribution >= 4 is 8.80 Å². The molecule has 0 rings (SSSR count). The Bertz CT molecular complexity index is 192. The smallest absolute Gasteiger partial charge is 0.374 e. The van der Waals surface area contributed by atoms with Gasteiger partial charge in [0.2, 0.25) is 0 Å². The summed E-state index contributed by atoms with van der Waals surface area (Å²) < 4.78 is 17.5. The Morgan fingerprint density at radius 1 is 0.700 bits per heavy atom. The summed E-state index contributed by atoms with van der Waals surface area (Å²) in [7, 11) is -2.43. The molecule has 0 bridgehead atoms. The van der Waals surface area contributed by atoms with E-state index >= 15 is 0 Å². The lowest BCUT2D eigenvalue weighted by molar-refractivity contribution is 0.0708. The zero-order valence-electron chi connectivity index (χ0n) is 13.8. The molecule has 0 aromatic heterocycles. The van der Waals surface area contributed by atoms with Gasteiger partial charge >= 0.3 is 8.80 Å². The summed E-state index contributed by atoms with van der Waals surface area (Å²) >= 11 is 0. The summed E-state index contributed by atoms with van der Waals surface area (Å²) in [6, 6.07) is 0.887. The first kappa shape index (κ1) is 20.0. The summed E-state index contributed by atoms with van der Waals surface area (Å²) in [5.41, 5.74) is 0. The molecule has 0 aliphatic heterocycles. The van der Waals surface area contributed by atoms with E-state index < -0.39 is 8.80 Å². The van der Waals surface area contributed by atoms with Crippen LogP contribution in [0.1, 0.15) is 40.5 Å². The van der Waals surface area contributed by atoms with E-state index in [1.807, 2.05) is 20.8 Å². The minimum absolute atomic E-state index is 0.653. The highest BCUT2D eigenvalue weighted by atomic mass is 28.4. The molecule has 0 aromatic rings. The van der Waals surface area contributed by atoms with Gasteiger partial charge in [-0.05, 0) is 46.7 Å². The fourth-order valence-electron chi connectivity index (χ4n) is 2.03. The molecule has 0 radical (unpaired) electrons. The molecule has 0 unspecified atom stereocenters. The standard InChI is InChI=1S/C14H34N2O3Si/c1-5-10-15-12-13-16-11-9-14-20(17-6-2,18-7-3)19-8-4/h15-16H,5-14H2,1-4H3. The molecule has 122 valence electrons. The van der Waals surface area contributed by atoms with Crippen molar-refractivity contribution in [3.63, 3.8) is 0 Å². The predicted molar refractivity (Wildman–Crippen MR) is 86.1 cm³/mol. The van der Waals surface area contributed by atoms with Crippen LogP contribution in [0.3, 0.4) is 0 Å². The fourth-order valence-corrected chi connectivity index (χ4v) is 4.65. The van der Waals surface area contributed by atoms with Crippen LogP contribution in [-0.4, -0.2) is 54.8 Å². The molecule has 0 fully saturated rings. The molecule has 5 nitrogen and oxygen atoms in total. The quantitative estimate of drug-likeness (QED) is 0.358. The Balaban J connectivity index is 3.82. The average molecular weight is 307 g/mol. The molecule has 20 heavy (non-hydrogen) atoms. The Morgan fingerprint density at radius 3 is 1.65 bits per heavy atom. The van der Waals surface area contributed by atoms with Crippen molar-refractivity contribution in [2.45, 2.75) is 46.6 Å². The van der Waals surface area contributed by atoms with Gasteiger partial charge in [-0.2, -0.15) is 0 Å². The van der Waals surface area contributed by atoms with E-state index in [9.17, 15) is 0 Å². The van der Waals surface area contributed by atoms with Crippen LogP contribution >= 0.6 is 0 Å². The number of nitrogens with one attached hydrogen (secondary N) is 2. The molecule has 2 N–H and O–H groups in total. The van der Waals surface area contributed by atoms with Crippen LogP contribution in [0, 0.1) is 0 Å². The zero-order valence-corrected chi connectivity index (χ0v) is 14.8. The summed E-state index contributed by atoms with van der Waals surface area (Å²) in [5, 5.41) is 6.81. The molecule has 0 heterocycles. The molecule has 0 saturated carbocycles. The number of hydrogen-bond donors (Lipinski definition) is 2. The van der Waals surface area contributed by atoms with Crippen LogP contribution in [0.15, 0.2) is 0 Å². The highest BCUT2D eigenvalue weighted by molar-refractivity contribution is 6.60. The zero-order chi connectivity index (χ0) is 15.1. The monoisotopic (exact) mass is 306 g/mol. The van der Waals surface area contributed by atoms with Crippen LogP contribution in [0.5, 0.6) is 0 Å². The molecule has 0 aliphatic carbocycles. The van der Waals surface area contributed by atoms with Crippen LogP contribution in [0.4, 0.5) is 0 Å². The highest BCUT2D eigenvalue weighted by Gasteiger charge is 2.39. The maximum absolute atomic E-state index is 5.82. The summed E-state index contributed by atoms with van der Waals surface area (Å²) in [5.74, 6) is 0. The SMILES string of the molecule is CCCNCCNCCC[Si](OCC)(OCC)OCC. The maximum Gasteiger partial charge on any atom is 0.500 e. The predicted octanol–water partition coefficient (Wildman–Crippen LogP) is 2.01. The summed E-state index contributed by atoms with van der Waals surface area (Å²) in [6.45, 7) is 14.2. The van der Waals surface area contributed by atoms with Crippen LogP contribution < -0.4 is 10.6 Å². The third kappa shape index (κ3) is 9.85. The van der Waals surface area contributed by atoms with E-state index in [-0.39, 0.29) is 0 Å². The van der Waals surface area contributed by atoms with Crippen molar-refractivity contribution in [2.24, 2.45) is 0 Å². The van der Waals surface area contributed by atoms with Crippen LogP contribution in [0.2, 0.25) is 6.04 Å².